The number of allylic oxidation sites excluding steroid dienone is 10. The molecule has 0 amide bonds. The summed E-state index contributed by atoms with van der Waals surface area (Å²) in [4.78, 5) is 225. The predicted octanol–water partition coefficient (Wildman–Crippen LogP) is 7.13. The van der Waals surface area contributed by atoms with E-state index in [-0.39, 0.29) is 79.4 Å². The molecule has 2 heterocycles. The standard InChI is InChI=1S/C94H134O40S.Na/c1-22-23-24-25-26-27-28-29-30-31-34-37-43-78(120-61(9)99)88(128-69(17)107)93-92(132-73(21)111)83(124-65(13)103)53-84(134-93)89(129-70(18)108)85(125-66(14)104)55(3)46-48-76(118-59(7)97)79-52-82(123-64(12)102)91(131-72(20)110)94(133-79)90(130-71(19)109)80(121-62(10)100)50-54(2)45-47-75(117-58(6)96)51-81(122-63(11)101)87(127-68(16)106)56(4)86(126-67(15)105)77(119-60(8)98)44-39-38-42-74(116-57(5)95)41-36-33-32-35-40-49-115-135(112,113)114;/h22,25-30,36-39,41,43,50,56,74-94H,1,3,23-24,31-35,40,42,44-49,51-53H2,2,4-21H3,(H,112,113,114);/q;+1/p-1/b26-25+,28-27+,30-29+,39-38+,41-36+,43-37+,54-50+;/t56?,74?,75-,76+,77?,78+,79+,80+,81-,82+,83+,84+,85-,86?,87+,88-,89-,90-,91+,92+,93-,94-;/m0./s1. The maximum Gasteiger partial charge on any atom is 1.00 e. The largest absolute Gasteiger partial charge is 1.00 e. The number of carbonyl (C=O) groups excluding carboxylic acids is 17. The number of hydrogen-bond donors (Lipinski definition) is 0. The molecule has 2 aliphatic heterocycles. The molecule has 0 aliphatic carbocycles. The maximum atomic E-state index is 13.6. The van der Waals surface area contributed by atoms with Crippen LogP contribution in [-0.4, -0.2) is 249 Å². The van der Waals surface area contributed by atoms with Crippen LogP contribution in [0, 0.1) is 5.92 Å². The van der Waals surface area contributed by atoms with E-state index in [0.29, 0.717) is 32.1 Å². The Morgan fingerprint density at radius 2 is 0.831 bits per heavy atom. The fourth-order valence-corrected chi connectivity index (χ4v) is 15.3. The van der Waals surface area contributed by atoms with E-state index in [1.54, 1.807) is 30.4 Å². The SMILES string of the molecule is C=CCC/C=C/C=C/C=C/CC/C=C/[C@@H](OC(C)=O)[C@H](OC(C)=O)[C@@H]1O[C@@H]([C@H](OC(C)=O)[C@@H](OC(C)=O)C(=C)CC[C@@H](OC(C)=O)[C@H]2C[C@@H](OC(C)=O)[C@@H](OC(C)=O)[C@H]([C@@H](OC(C)=O)[C@@H](/C=C(\C)CC[C@@H](C[C@H](OC(C)=O)[C@H](OC(C)=O)C(C)C(OC(C)=O)C(C/C=C/CC(/C=C/CCCCCOS(=O)(=O)[O-])OC(C)=O)OC(C)=O)OC(C)=O)OC(C)=O)O2)C[C@@H](OC(C)=O)[C@H]1OC(C)=O.[Na+]. The van der Waals surface area contributed by atoms with E-state index in [0.717, 1.165) is 124 Å². The summed E-state index contributed by atoms with van der Waals surface area (Å²) in [5.41, 5.74) is 0.108. The molecule has 2 aliphatic rings. The Labute approximate surface area is 816 Å². The molecule has 0 bridgehead atoms. The van der Waals surface area contributed by atoms with Crippen LogP contribution in [0.25, 0.3) is 0 Å². The summed E-state index contributed by atoms with van der Waals surface area (Å²) in [6, 6.07) is 0. The second-order valence-corrected chi connectivity index (χ2v) is 33.0. The van der Waals surface area contributed by atoms with Crippen LogP contribution in [0.1, 0.15) is 241 Å². The van der Waals surface area contributed by atoms with Crippen LogP contribution < -0.4 is 29.6 Å². The van der Waals surface area contributed by atoms with Gasteiger partial charge in [-0.25, -0.2) is 8.42 Å². The maximum absolute atomic E-state index is 13.6. The first-order valence-electron chi connectivity index (χ1n) is 44.1. The normalized spacial score (nSPS) is 20.5. The van der Waals surface area contributed by atoms with Gasteiger partial charge in [-0.1, -0.05) is 92.3 Å². The third-order valence-electron chi connectivity index (χ3n) is 19.8. The van der Waals surface area contributed by atoms with Gasteiger partial charge in [0.2, 0.25) is 10.4 Å². The molecule has 0 saturated carbocycles. The molecule has 136 heavy (non-hydrogen) atoms. The second-order valence-electron chi connectivity index (χ2n) is 32.0. The quantitative estimate of drug-likeness (QED) is 0.00853. The molecule has 2 fully saturated rings. The van der Waals surface area contributed by atoms with Gasteiger partial charge in [0.05, 0.1) is 12.7 Å². The van der Waals surface area contributed by atoms with Gasteiger partial charge in [-0.05, 0) is 101 Å². The summed E-state index contributed by atoms with van der Waals surface area (Å²) in [5, 5.41) is 0. The van der Waals surface area contributed by atoms with Crippen molar-refractivity contribution in [1.82, 2.24) is 0 Å². The monoisotopic (exact) mass is 1960 g/mol. The Morgan fingerprint density at radius 3 is 1.31 bits per heavy atom. The van der Waals surface area contributed by atoms with Crippen molar-refractivity contribution < 1.29 is 218 Å². The van der Waals surface area contributed by atoms with Crippen molar-refractivity contribution in [3.63, 3.8) is 0 Å². The number of ether oxygens (including phenoxy) is 19. The van der Waals surface area contributed by atoms with E-state index in [1.807, 2.05) is 36.5 Å². The molecular formula is C94H133NaO40S. The Kier molecular flexibility index (Phi) is 59.2. The van der Waals surface area contributed by atoms with E-state index < -0.39 is 278 Å². The molecule has 0 aromatic rings. The average Bonchev–Trinajstić information content (AvgIpc) is 0.776. The van der Waals surface area contributed by atoms with Gasteiger partial charge in [0.15, 0.2) is 48.8 Å². The van der Waals surface area contributed by atoms with Crippen molar-refractivity contribution in [2.75, 3.05) is 6.61 Å². The third-order valence-corrected chi connectivity index (χ3v) is 20.2. The van der Waals surface area contributed by atoms with Crippen LogP contribution in [0.3, 0.4) is 0 Å². The Hall–Kier alpha value is -10.6. The van der Waals surface area contributed by atoms with Gasteiger partial charge in [0, 0.05) is 156 Å². The fraction of sp³-hybridized carbons (Fsp3) is 0.628. The van der Waals surface area contributed by atoms with Gasteiger partial charge in [0.25, 0.3) is 0 Å². The van der Waals surface area contributed by atoms with Crippen molar-refractivity contribution in [1.29, 1.82) is 0 Å². The fourth-order valence-electron chi connectivity index (χ4n) is 14.9. The first kappa shape index (κ1) is 123. The number of carbonyl (C=O) groups is 17. The molecule has 0 aromatic carbocycles. The zero-order valence-corrected chi connectivity index (χ0v) is 84.0. The van der Waals surface area contributed by atoms with Crippen LogP contribution in [0.2, 0.25) is 0 Å². The molecule has 2 saturated heterocycles. The molecule has 40 nitrogen and oxygen atoms in total. The van der Waals surface area contributed by atoms with Crippen molar-refractivity contribution in [2.24, 2.45) is 5.92 Å². The van der Waals surface area contributed by atoms with Crippen LogP contribution in [0.4, 0.5) is 0 Å². The Balaban J connectivity index is 0.0000925. The van der Waals surface area contributed by atoms with Crippen LogP contribution in [-0.2, 0) is 186 Å². The minimum absolute atomic E-state index is 0. The van der Waals surface area contributed by atoms with Gasteiger partial charge in [0.1, 0.15) is 73.2 Å². The van der Waals surface area contributed by atoms with Crippen LogP contribution in [0.5, 0.6) is 0 Å². The van der Waals surface area contributed by atoms with E-state index in [4.69, 9.17) is 90.0 Å². The molecule has 0 N–H and O–H groups in total. The van der Waals surface area contributed by atoms with Gasteiger partial charge in [-0.3, -0.25) is 85.7 Å². The Bertz CT molecular complexity index is 4330. The van der Waals surface area contributed by atoms with Gasteiger partial charge in [-0.2, -0.15) is 0 Å². The number of rotatable bonds is 59. The third kappa shape index (κ3) is 52.1. The molecule has 42 heteroatoms. The molecule has 4 unspecified atom stereocenters. The summed E-state index contributed by atoms with van der Waals surface area (Å²) >= 11 is 0. The summed E-state index contributed by atoms with van der Waals surface area (Å²) in [7, 11) is -4.84. The molecule has 756 valence electrons. The molecule has 0 aromatic heterocycles. The van der Waals surface area contributed by atoms with Gasteiger partial charge < -0.3 is 94.6 Å². The summed E-state index contributed by atoms with van der Waals surface area (Å²) < 4.78 is 149. The van der Waals surface area contributed by atoms with Gasteiger partial charge in [-0.15, -0.1) is 6.58 Å². The summed E-state index contributed by atoms with van der Waals surface area (Å²) in [6.45, 7) is 28.1. The molecule has 0 radical (unpaired) electrons. The molecule has 0 spiro atoms. The predicted molar refractivity (Wildman–Crippen MR) is 473 cm³/mol. The average molecular weight is 1960 g/mol. The van der Waals surface area contributed by atoms with Gasteiger partial charge >= 0.3 is 131 Å². The van der Waals surface area contributed by atoms with Crippen LogP contribution in [0.15, 0.2) is 109 Å². The second kappa shape index (κ2) is 65.3. The minimum Gasteiger partial charge on any atom is -0.726 e. The number of esters is 17. The zero-order valence-electron chi connectivity index (χ0n) is 81.2. The minimum atomic E-state index is -4.84. The Morgan fingerprint density at radius 1 is 0.404 bits per heavy atom. The summed E-state index contributed by atoms with van der Waals surface area (Å²) in [6.07, 6.45) is -9.09. The van der Waals surface area contributed by atoms with E-state index in [9.17, 15) is 94.5 Å². The molecule has 22 atom stereocenters. The van der Waals surface area contributed by atoms with Crippen molar-refractivity contribution in [3.8, 4) is 0 Å². The van der Waals surface area contributed by atoms with Crippen LogP contribution >= 0.6 is 0 Å². The van der Waals surface area contributed by atoms with Crippen molar-refractivity contribution in [3.05, 3.63) is 109 Å². The summed E-state index contributed by atoms with van der Waals surface area (Å²) in [5.74, 6) is -17.3. The number of hydrogen-bond acceptors (Lipinski definition) is 40. The number of unbranched alkanes of at least 4 members (excludes halogenated alkanes) is 5. The smallest absolute Gasteiger partial charge is 0.726 e. The topological polar surface area (TPSA) is 532 Å². The van der Waals surface area contributed by atoms with E-state index in [2.05, 4.69) is 17.3 Å². The first-order chi connectivity index (χ1) is 63.3. The van der Waals surface area contributed by atoms with E-state index in [1.165, 1.54) is 39.0 Å². The molecule has 2 rings (SSSR count). The van der Waals surface area contributed by atoms with Crippen molar-refractivity contribution >= 4 is 112 Å². The van der Waals surface area contributed by atoms with E-state index >= 15 is 0 Å². The van der Waals surface area contributed by atoms with Crippen molar-refractivity contribution in [2.45, 2.75) is 369 Å². The molecular weight excluding hydrogens is 1820 g/mol. The zero-order chi connectivity index (χ0) is 102. The first-order valence-corrected chi connectivity index (χ1v) is 45.4.